The van der Waals surface area contributed by atoms with Crippen molar-refractivity contribution < 1.29 is 4.79 Å². The topological polar surface area (TPSA) is 44.4 Å². The molecule has 0 aliphatic carbocycles. The molecular formula is C16H25N3OS. The molecule has 4 nitrogen and oxygen atoms in total. The number of hydrogen-bond acceptors (Lipinski definition) is 4. The fourth-order valence-electron chi connectivity index (χ4n) is 2.70. The predicted molar refractivity (Wildman–Crippen MR) is 90.0 cm³/mol. The predicted octanol–water partition coefficient (Wildman–Crippen LogP) is 2.42. The molecule has 21 heavy (non-hydrogen) atoms. The summed E-state index contributed by atoms with van der Waals surface area (Å²) in [6.45, 7) is 2.46. The van der Waals surface area contributed by atoms with Crippen LogP contribution in [0.3, 0.4) is 0 Å². The average Bonchev–Trinajstić information content (AvgIpc) is 2.48. The van der Waals surface area contributed by atoms with Gasteiger partial charge in [0, 0.05) is 17.5 Å². The first-order chi connectivity index (χ1) is 10.2. The van der Waals surface area contributed by atoms with Crippen molar-refractivity contribution in [3.63, 3.8) is 0 Å². The number of thioether (sulfide) groups is 1. The molecular weight excluding hydrogens is 282 g/mol. The molecule has 1 aromatic rings. The van der Waals surface area contributed by atoms with Gasteiger partial charge in [-0.1, -0.05) is 18.6 Å². The number of carbonyl (C=O) groups excluding carboxylic acids is 1. The monoisotopic (exact) mass is 307 g/mol. The van der Waals surface area contributed by atoms with Crippen molar-refractivity contribution >= 4 is 23.4 Å². The highest BCUT2D eigenvalue weighted by molar-refractivity contribution is 7.98. The second-order valence-corrected chi connectivity index (χ2v) is 6.44. The molecule has 0 saturated carbocycles. The van der Waals surface area contributed by atoms with Crippen LogP contribution in [0.15, 0.2) is 29.2 Å². The van der Waals surface area contributed by atoms with E-state index in [4.69, 9.17) is 0 Å². The van der Waals surface area contributed by atoms with E-state index in [0.29, 0.717) is 12.6 Å². The number of nitrogens with one attached hydrogen (secondary N) is 2. The van der Waals surface area contributed by atoms with Gasteiger partial charge in [0.25, 0.3) is 0 Å². The van der Waals surface area contributed by atoms with Gasteiger partial charge in [0.1, 0.15) is 0 Å². The molecule has 0 aromatic heterocycles. The van der Waals surface area contributed by atoms with Crippen LogP contribution in [-0.4, -0.2) is 49.8 Å². The van der Waals surface area contributed by atoms with Gasteiger partial charge in [-0.2, -0.15) is 0 Å². The van der Waals surface area contributed by atoms with Gasteiger partial charge in [0.2, 0.25) is 5.91 Å². The van der Waals surface area contributed by atoms with Gasteiger partial charge in [0.15, 0.2) is 0 Å². The van der Waals surface area contributed by atoms with Crippen LogP contribution >= 0.6 is 11.8 Å². The minimum absolute atomic E-state index is 0.0507. The summed E-state index contributed by atoms with van der Waals surface area (Å²) >= 11 is 1.65. The fourth-order valence-corrected chi connectivity index (χ4v) is 3.26. The second-order valence-electron chi connectivity index (χ2n) is 5.59. The lowest BCUT2D eigenvalue weighted by molar-refractivity contribution is -0.117. The Kier molecular flexibility index (Phi) is 6.54. The summed E-state index contributed by atoms with van der Waals surface area (Å²) in [6.07, 6.45) is 5.79. The van der Waals surface area contributed by atoms with Gasteiger partial charge in [-0.05, 0) is 44.8 Å². The largest absolute Gasteiger partial charge is 0.324 e. The van der Waals surface area contributed by atoms with E-state index in [9.17, 15) is 4.79 Å². The number of hydrogen-bond donors (Lipinski definition) is 2. The molecule has 0 radical (unpaired) electrons. The van der Waals surface area contributed by atoms with Crippen LogP contribution < -0.4 is 10.6 Å². The molecule has 0 bridgehead atoms. The van der Waals surface area contributed by atoms with Gasteiger partial charge in [-0.25, -0.2) is 0 Å². The molecule has 1 fully saturated rings. The Morgan fingerprint density at radius 2 is 2.24 bits per heavy atom. The molecule has 1 amide bonds. The third-order valence-electron chi connectivity index (χ3n) is 3.74. The molecule has 5 heteroatoms. The van der Waals surface area contributed by atoms with Crippen molar-refractivity contribution in [1.29, 1.82) is 0 Å². The first-order valence-corrected chi connectivity index (χ1v) is 8.76. The van der Waals surface area contributed by atoms with Crippen LogP contribution in [0.5, 0.6) is 0 Å². The minimum atomic E-state index is 0.0507. The number of rotatable bonds is 6. The van der Waals surface area contributed by atoms with Gasteiger partial charge in [0.05, 0.1) is 12.2 Å². The van der Waals surface area contributed by atoms with Crippen LogP contribution in [0.4, 0.5) is 5.69 Å². The first-order valence-electron chi connectivity index (χ1n) is 7.54. The SMILES string of the molecule is CSc1ccccc1NC(=O)CN(C)CC1CCCCN1. The van der Waals surface area contributed by atoms with Crippen LogP contribution in [0, 0.1) is 0 Å². The lowest BCUT2D eigenvalue weighted by atomic mass is 10.0. The first kappa shape index (κ1) is 16.3. The lowest BCUT2D eigenvalue weighted by Gasteiger charge is -2.27. The summed E-state index contributed by atoms with van der Waals surface area (Å²) in [4.78, 5) is 15.3. The van der Waals surface area contributed by atoms with Crippen molar-refractivity contribution in [1.82, 2.24) is 10.2 Å². The Bertz CT molecular complexity index is 461. The summed E-state index contributed by atoms with van der Waals surface area (Å²) in [7, 11) is 2.01. The maximum atomic E-state index is 12.2. The van der Waals surface area contributed by atoms with Gasteiger partial charge >= 0.3 is 0 Å². The van der Waals surface area contributed by atoms with E-state index in [-0.39, 0.29) is 5.91 Å². The molecule has 1 heterocycles. The van der Waals surface area contributed by atoms with Gasteiger partial charge in [-0.3, -0.25) is 9.69 Å². The van der Waals surface area contributed by atoms with E-state index in [2.05, 4.69) is 15.5 Å². The second kappa shape index (κ2) is 8.41. The zero-order chi connectivity index (χ0) is 15.1. The van der Waals surface area contributed by atoms with E-state index in [1.165, 1.54) is 19.3 Å². The smallest absolute Gasteiger partial charge is 0.238 e. The van der Waals surface area contributed by atoms with E-state index in [1.54, 1.807) is 11.8 Å². The van der Waals surface area contributed by atoms with Crippen LogP contribution in [0.1, 0.15) is 19.3 Å². The summed E-state index contributed by atoms with van der Waals surface area (Å²) in [5.74, 6) is 0.0507. The number of likely N-dealkylation sites (N-methyl/N-ethyl adjacent to an activating group) is 1. The highest BCUT2D eigenvalue weighted by Gasteiger charge is 2.16. The fraction of sp³-hybridized carbons (Fsp3) is 0.562. The number of anilines is 1. The molecule has 1 saturated heterocycles. The Morgan fingerprint density at radius 3 is 2.95 bits per heavy atom. The number of piperidine rings is 1. The van der Waals surface area contributed by atoms with E-state index >= 15 is 0 Å². The normalized spacial score (nSPS) is 18.7. The summed E-state index contributed by atoms with van der Waals surface area (Å²) in [5, 5.41) is 6.52. The summed E-state index contributed by atoms with van der Waals surface area (Å²) in [6, 6.07) is 8.44. The molecule has 2 rings (SSSR count). The van der Waals surface area contributed by atoms with Crippen molar-refractivity contribution in [2.24, 2.45) is 0 Å². The highest BCUT2D eigenvalue weighted by atomic mass is 32.2. The third kappa shape index (κ3) is 5.34. The molecule has 116 valence electrons. The van der Waals surface area contributed by atoms with Crippen LogP contribution in [0.2, 0.25) is 0 Å². The van der Waals surface area contributed by atoms with Gasteiger partial charge in [-0.15, -0.1) is 11.8 Å². The van der Waals surface area contributed by atoms with E-state index < -0.39 is 0 Å². The Balaban J connectivity index is 1.80. The maximum absolute atomic E-state index is 12.2. The summed E-state index contributed by atoms with van der Waals surface area (Å²) < 4.78 is 0. The summed E-state index contributed by atoms with van der Waals surface area (Å²) in [5.41, 5.74) is 0.902. The van der Waals surface area contributed by atoms with Crippen LogP contribution in [0.25, 0.3) is 0 Å². The number of carbonyl (C=O) groups is 1. The minimum Gasteiger partial charge on any atom is -0.324 e. The molecule has 0 spiro atoms. The quantitative estimate of drug-likeness (QED) is 0.792. The van der Waals surface area contributed by atoms with Crippen molar-refractivity contribution in [2.75, 3.05) is 38.3 Å². The molecule has 1 aliphatic rings. The Labute approximate surface area is 131 Å². The number of nitrogens with zero attached hydrogens (tertiary/aromatic N) is 1. The molecule has 1 atom stereocenters. The maximum Gasteiger partial charge on any atom is 0.238 e. The molecule has 1 aliphatic heterocycles. The number of amides is 1. The molecule has 2 N–H and O–H groups in total. The number of benzene rings is 1. The number of para-hydroxylation sites is 1. The Hall–Kier alpha value is -1.04. The molecule has 1 aromatic carbocycles. The zero-order valence-corrected chi connectivity index (χ0v) is 13.7. The van der Waals surface area contributed by atoms with Crippen molar-refractivity contribution in [3.05, 3.63) is 24.3 Å². The van der Waals surface area contributed by atoms with Crippen molar-refractivity contribution in [2.45, 2.75) is 30.2 Å². The lowest BCUT2D eigenvalue weighted by Crippen LogP contribution is -2.44. The van der Waals surface area contributed by atoms with Gasteiger partial charge < -0.3 is 10.6 Å². The van der Waals surface area contributed by atoms with E-state index in [0.717, 1.165) is 23.7 Å². The molecule has 1 unspecified atom stereocenters. The zero-order valence-electron chi connectivity index (χ0n) is 12.9. The van der Waals surface area contributed by atoms with Crippen molar-refractivity contribution in [3.8, 4) is 0 Å². The average molecular weight is 307 g/mol. The third-order valence-corrected chi connectivity index (χ3v) is 4.53. The Morgan fingerprint density at radius 1 is 1.43 bits per heavy atom. The van der Waals surface area contributed by atoms with Crippen LogP contribution in [-0.2, 0) is 4.79 Å². The standard InChI is InChI=1S/C16H25N3OS/c1-19(11-13-7-5-6-10-17-13)12-16(20)18-14-8-3-4-9-15(14)21-2/h3-4,8-9,13,17H,5-7,10-12H2,1-2H3,(H,18,20). The van der Waals surface area contributed by atoms with E-state index in [1.807, 2.05) is 37.6 Å². The highest BCUT2D eigenvalue weighted by Crippen LogP contribution is 2.24.